The normalized spacial score (nSPS) is 10.1. The Bertz CT molecular complexity index is 181. The maximum Gasteiger partial charge on any atom is 2.00 e. The second-order valence-corrected chi connectivity index (χ2v) is 5.03. The van der Waals surface area contributed by atoms with Crippen molar-refractivity contribution in [2.75, 3.05) is 0 Å². The molecule has 0 heterocycles. The average Bonchev–Trinajstić information content (AvgIpc) is 2.30. The number of hydrogen-bond donors (Lipinski definition) is 1. The Balaban J connectivity index is -0.000000427. The molecule has 0 amide bonds. The van der Waals surface area contributed by atoms with E-state index in [0.29, 0.717) is 6.42 Å². The van der Waals surface area contributed by atoms with Gasteiger partial charge in [0, 0.05) is 6.42 Å². The number of hydrogen-bond acceptors (Lipinski definition) is 1. The van der Waals surface area contributed by atoms with Gasteiger partial charge in [0.05, 0.1) is 0 Å². The molecule has 3 heteroatoms. The van der Waals surface area contributed by atoms with Crippen LogP contribution in [0, 0.1) is 0 Å². The SMILES string of the molecule is CCCCCCCCCCCCCCC(=O)O.[H-].[H-].[Sr+2]. The summed E-state index contributed by atoms with van der Waals surface area (Å²) in [4.78, 5) is 10.3. The molecule has 0 aromatic carbocycles. The average molecular weight is 332 g/mol. The smallest absolute Gasteiger partial charge is 1.00 e. The zero-order chi connectivity index (χ0) is 12.8. The minimum atomic E-state index is -0.655. The molecular formula is C15H32O2Sr. The largest absolute Gasteiger partial charge is 2.00 e. The van der Waals surface area contributed by atoms with Crippen molar-refractivity contribution in [2.45, 2.75) is 90.4 Å². The van der Waals surface area contributed by atoms with Crippen molar-refractivity contribution in [3.05, 3.63) is 0 Å². The molecule has 18 heavy (non-hydrogen) atoms. The Morgan fingerprint density at radius 3 is 1.44 bits per heavy atom. The first-order chi connectivity index (χ1) is 8.27. The third-order valence-corrected chi connectivity index (χ3v) is 3.24. The molecule has 0 saturated heterocycles. The molecule has 0 spiro atoms. The van der Waals surface area contributed by atoms with Crippen molar-refractivity contribution in [1.82, 2.24) is 0 Å². The number of carbonyl (C=O) groups is 1. The van der Waals surface area contributed by atoms with Crippen molar-refractivity contribution >= 4 is 51.5 Å². The monoisotopic (exact) mass is 332 g/mol. The molecule has 0 aliphatic carbocycles. The molecule has 0 aliphatic rings. The molecule has 0 rings (SSSR count). The van der Waals surface area contributed by atoms with Crippen molar-refractivity contribution in [3.63, 3.8) is 0 Å². The van der Waals surface area contributed by atoms with Crippen LogP contribution in [0.4, 0.5) is 0 Å². The molecule has 0 aliphatic heterocycles. The maximum absolute atomic E-state index is 10.3. The van der Waals surface area contributed by atoms with Crippen LogP contribution in [0.25, 0.3) is 0 Å². The molecule has 0 aromatic heterocycles. The Kier molecular flexibility index (Phi) is 21.2. The predicted octanol–water partition coefficient (Wildman–Crippen LogP) is 5.01. The summed E-state index contributed by atoms with van der Waals surface area (Å²) in [6.07, 6.45) is 15.8. The fraction of sp³-hybridized carbons (Fsp3) is 0.933. The van der Waals surface area contributed by atoms with Gasteiger partial charge in [-0.3, -0.25) is 4.79 Å². The van der Waals surface area contributed by atoms with E-state index in [2.05, 4.69) is 6.92 Å². The predicted molar refractivity (Wildman–Crippen MR) is 81.3 cm³/mol. The van der Waals surface area contributed by atoms with Gasteiger partial charge in [-0.05, 0) is 6.42 Å². The van der Waals surface area contributed by atoms with Crippen LogP contribution in [0.15, 0.2) is 0 Å². The number of unbranched alkanes of at least 4 members (excludes halogenated alkanes) is 11. The van der Waals surface area contributed by atoms with Crippen molar-refractivity contribution in [2.24, 2.45) is 0 Å². The third kappa shape index (κ3) is 19.3. The van der Waals surface area contributed by atoms with E-state index < -0.39 is 5.97 Å². The van der Waals surface area contributed by atoms with Gasteiger partial charge in [-0.2, -0.15) is 0 Å². The van der Waals surface area contributed by atoms with Crippen LogP contribution in [0.2, 0.25) is 0 Å². The molecule has 0 bridgehead atoms. The Hall–Kier alpha value is 0.951. The fourth-order valence-corrected chi connectivity index (χ4v) is 2.12. The minimum absolute atomic E-state index is 0. The van der Waals surface area contributed by atoms with Gasteiger partial charge in [-0.25, -0.2) is 0 Å². The topological polar surface area (TPSA) is 37.3 Å². The van der Waals surface area contributed by atoms with E-state index in [-0.39, 0.29) is 48.3 Å². The van der Waals surface area contributed by atoms with Gasteiger partial charge in [-0.1, -0.05) is 77.6 Å². The van der Waals surface area contributed by atoms with E-state index >= 15 is 0 Å². The van der Waals surface area contributed by atoms with Gasteiger partial charge in [0.2, 0.25) is 0 Å². The van der Waals surface area contributed by atoms with Crippen molar-refractivity contribution in [1.29, 1.82) is 0 Å². The second-order valence-electron chi connectivity index (χ2n) is 5.03. The summed E-state index contributed by atoms with van der Waals surface area (Å²) >= 11 is 0. The minimum Gasteiger partial charge on any atom is -1.00 e. The molecule has 0 radical (unpaired) electrons. The molecule has 2 nitrogen and oxygen atoms in total. The van der Waals surface area contributed by atoms with Crippen molar-refractivity contribution in [3.8, 4) is 0 Å². The number of carboxylic acid groups (broad SMARTS) is 1. The molecule has 0 saturated carbocycles. The maximum atomic E-state index is 10.3. The number of rotatable bonds is 13. The van der Waals surface area contributed by atoms with E-state index in [1.807, 2.05) is 0 Å². The molecule has 1 N–H and O–H groups in total. The first-order valence-electron chi connectivity index (χ1n) is 7.49. The van der Waals surface area contributed by atoms with Crippen LogP contribution in [0.1, 0.15) is 93.2 Å². The summed E-state index contributed by atoms with van der Waals surface area (Å²) in [6, 6.07) is 0. The zero-order valence-electron chi connectivity index (χ0n) is 14.3. The van der Waals surface area contributed by atoms with Gasteiger partial charge >= 0.3 is 51.5 Å². The first-order valence-corrected chi connectivity index (χ1v) is 7.49. The van der Waals surface area contributed by atoms with Crippen LogP contribution in [-0.2, 0) is 4.79 Å². The van der Waals surface area contributed by atoms with Crippen molar-refractivity contribution < 1.29 is 12.8 Å². The van der Waals surface area contributed by atoms with Crippen LogP contribution in [0.5, 0.6) is 0 Å². The second kappa shape index (κ2) is 18.0. The molecule has 0 atom stereocenters. The molecule has 0 fully saturated rings. The summed E-state index contributed by atoms with van der Waals surface area (Å²) < 4.78 is 0. The summed E-state index contributed by atoms with van der Waals surface area (Å²) in [5.74, 6) is -0.655. The quantitative estimate of drug-likeness (QED) is 0.380. The fourth-order valence-electron chi connectivity index (χ4n) is 2.12. The van der Waals surface area contributed by atoms with Crippen LogP contribution < -0.4 is 0 Å². The van der Waals surface area contributed by atoms with Crippen LogP contribution in [0.3, 0.4) is 0 Å². The van der Waals surface area contributed by atoms with E-state index in [9.17, 15) is 4.79 Å². The number of aliphatic carboxylic acids is 1. The summed E-state index contributed by atoms with van der Waals surface area (Å²) in [5.41, 5.74) is 0. The Labute approximate surface area is 153 Å². The van der Waals surface area contributed by atoms with E-state index in [1.165, 1.54) is 64.2 Å². The molecular weight excluding hydrogens is 300 g/mol. The zero-order valence-corrected chi connectivity index (χ0v) is 15.7. The van der Waals surface area contributed by atoms with Crippen LogP contribution >= 0.6 is 0 Å². The third-order valence-electron chi connectivity index (χ3n) is 3.24. The molecule has 106 valence electrons. The van der Waals surface area contributed by atoms with Gasteiger partial charge in [0.25, 0.3) is 0 Å². The van der Waals surface area contributed by atoms with Gasteiger partial charge in [0.1, 0.15) is 0 Å². The van der Waals surface area contributed by atoms with Crippen LogP contribution in [-0.4, -0.2) is 56.6 Å². The number of carboxylic acids is 1. The summed E-state index contributed by atoms with van der Waals surface area (Å²) in [7, 11) is 0. The van der Waals surface area contributed by atoms with Gasteiger partial charge in [-0.15, -0.1) is 0 Å². The van der Waals surface area contributed by atoms with E-state index in [1.54, 1.807) is 0 Å². The van der Waals surface area contributed by atoms with E-state index in [0.717, 1.165) is 12.8 Å². The summed E-state index contributed by atoms with van der Waals surface area (Å²) in [6.45, 7) is 2.25. The standard InChI is InChI=1S/C15H30O2.Sr.2H/c1-2-3-4-5-6-7-8-9-10-11-12-13-14-15(16)17;;;/h2-14H2,1H3,(H,16,17);;;/q;+2;2*-1. The van der Waals surface area contributed by atoms with E-state index in [4.69, 9.17) is 5.11 Å². The first kappa shape index (κ1) is 21.3. The molecule has 0 unspecified atom stereocenters. The van der Waals surface area contributed by atoms with Gasteiger partial charge < -0.3 is 7.96 Å². The Morgan fingerprint density at radius 2 is 1.11 bits per heavy atom. The Morgan fingerprint density at radius 1 is 0.778 bits per heavy atom. The molecule has 0 aromatic rings. The van der Waals surface area contributed by atoms with Gasteiger partial charge in [0.15, 0.2) is 0 Å². The summed E-state index contributed by atoms with van der Waals surface area (Å²) in [5, 5.41) is 8.47.